The van der Waals surface area contributed by atoms with Crippen LogP contribution in [0.15, 0.2) is 0 Å². The topological polar surface area (TPSA) is 38.5 Å². The first-order valence-electron chi connectivity index (χ1n) is 8.63. The molecule has 4 aliphatic rings. The lowest BCUT2D eigenvalue weighted by atomic mass is 9.48. The van der Waals surface area contributed by atoms with Crippen LogP contribution in [0.4, 0.5) is 0 Å². The Labute approximate surface area is 124 Å². The molecule has 4 rings (SSSR count). The molecule has 0 aromatic rings. The van der Waals surface area contributed by atoms with E-state index < -0.39 is 0 Å². The summed E-state index contributed by atoms with van der Waals surface area (Å²) in [7, 11) is 2.19. The molecule has 2 N–H and O–H groups in total. The van der Waals surface area contributed by atoms with Crippen molar-refractivity contribution in [2.45, 2.75) is 51.5 Å². The summed E-state index contributed by atoms with van der Waals surface area (Å²) in [6, 6.07) is 0.363. The molecule has 0 amide bonds. The molecule has 0 radical (unpaired) electrons. The fraction of sp³-hybridized carbons (Fsp3) is 1.00. The van der Waals surface area contributed by atoms with E-state index in [2.05, 4.69) is 18.9 Å². The molecule has 116 valence electrons. The highest BCUT2D eigenvalue weighted by Crippen LogP contribution is 2.60. The van der Waals surface area contributed by atoms with Gasteiger partial charge in [-0.05, 0) is 75.7 Å². The molecule has 1 unspecified atom stereocenters. The van der Waals surface area contributed by atoms with Crippen LogP contribution in [-0.4, -0.2) is 44.3 Å². The Morgan fingerprint density at radius 3 is 2.20 bits per heavy atom. The normalized spacial score (nSPS) is 40.5. The summed E-state index contributed by atoms with van der Waals surface area (Å²) in [6.07, 6.45) is 8.77. The average molecular weight is 280 g/mol. The Balaban J connectivity index is 1.55. The molecule has 0 aromatic carbocycles. The molecule has 3 nitrogen and oxygen atoms in total. The van der Waals surface area contributed by atoms with Crippen molar-refractivity contribution in [3.63, 3.8) is 0 Å². The van der Waals surface area contributed by atoms with E-state index in [1.165, 1.54) is 38.5 Å². The Hall–Kier alpha value is -0.120. The standard InChI is InChI=1S/C17H32N2O/c1-3-20-5-4-19(2)12-16(18)17-9-13-6-14(10-17)8-15(7-13)11-17/h13-16H,3-12,18H2,1-2H3. The van der Waals surface area contributed by atoms with Gasteiger partial charge in [0.1, 0.15) is 0 Å². The Morgan fingerprint density at radius 2 is 1.70 bits per heavy atom. The predicted molar refractivity (Wildman–Crippen MR) is 82.6 cm³/mol. The van der Waals surface area contributed by atoms with Crippen LogP contribution in [0.1, 0.15) is 45.4 Å². The van der Waals surface area contributed by atoms with Gasteiger partial charge in [0.15, 0.2) is 0 Å². The zero-order valence-corrected chi connectivity index (χ0v) is 13.3. The highest BCUT2D eigenvalue weighted by molar-refractivity contribution is 5.05. The molecule has 20 heavy (non-hydrogen) atoms. The van der Waals surface area contributed by atoms with Crippen LogP contribution >= 0.6 is 0 Å². The van der Waals surface area contributed by atoms with Crippen molar-refractivity contribution < 1.29 is 4.74 Å². The number of nitrogens with zero attached hydrogens (tertiary/aromatic N) is 1. The number of ether oxygens (including phenoxy) is 1. The maximum absolute atomic E-state index is 6.70. The number of likely N-dealkylation sites (N-methyl/N-ethyl adjacent to an activating group) is 1. The molecular formula is C17H32N2O. The zero-order chi connectivity index (χ0) is 14.2. The second-order valence-corrected chi connectivity index (χ2v) is 7.85. The van der Waals surface area contributed by atoms with Gasteiger partial charge in [-0.15, -0.1) is 0 Å². The SMILES string of the molecule is CCOCCN(C)CC(N)C12CC3CC(CC(C3)C1)C2. The van der Waals surface area contributed by atoms with E-state index >= 15 is 0 Å². The van der Waals surface area contributed by atoms with Gasteiger partial charge >= 0.3 is 0 Å². The summed E-state index contributed by atoms with van der Waals surface area (Å²) in [5.41, 5.74) is 7.18. The van der Waals surface area contributed by atoms with Gasteiger partial charge in [0.2, 0.25) is 0 Å². The van der Waals surface area contributed by atoms with Crippen LogP contribution in [0, 0.1) is 23.2 Å². The lowest BCUT2D eigenvalue weighted by molar-refractivity contribution is -0.0711. The van der Waals surface area contributed by atoms with Gasteiger partial charge < -0.3 is 15.4 Å². The van der Waals surface area contributed by atoms with E-state index in [0.717, 1.165) is 44.1 Å². The summed E-state index contributed by atoms with van der Waals surface area (Å²) < 4.78 is 5.45. The lowest BCUT2D eigenvalue weighted by Gasteiger charge is -2.59. The summed E-state index contributed by atoms with van der Waals surface area (Å²) in [4.78, 5) is 2.37. The molecule has 0 aromatic heterocycles. The first-order valence-corrected chi connectivity index (χ1v) is 8.63. The van der Waals surface area contributed by atoms with Gasteiger partial charge in [0, 0.05) is 25.7 Å². The molecule has 4 fully saturated rings. The van der Waals surface area contributed by atoms with Gasteiger partial charge in [0.05, 0.1) is 6.61 Å². The smallest absolute Gasteiger partial charge is 0.0593 e. The van der Waals surface area contributed by atoms with E-state index in [1.54, 1.807) is 0 Å². The van der Waals surface area contributed by atoms with E-state index in [4.69, 9.17) is 10.5 Å². The first kappa shape index (κ1) is 14.8. The van der Waals surface area contributed by atoms with Gasteiger partial charge in [0.25, 0.3) is 0 Å². The fourth-order valence-corrected chi connectivity index (χ4v) is 5.62. The molecule has 1 atom stereocenters. The molecule has 4 bridgehead atoms. The molecule has 4 aliphatic carbocycles. The minimum absolute atomic E-state index is 0.363. The van der Waals surface area contributed by atoms with Gasteiger partial charge in [-0.2, -0.15) is 0 Å². The largest absolute Gasteiger partial charge is 0.380 e. The summed E-state index contributed by atoms with van der Waals surface area (Å²) in [6.45, 7) is 5.75. The molecule has 0 saturated heterocycles. The highest BCUT2D eigenvalue weighted by Gasteiger charge is 2.53. The maximum atomic E-state index is 6.70. The molecular weight excluding hydrogens is 248 g/mol. The first-order chi connectivity index (χ1) is 9.61. The second-order valence-electron chi connectivity index (χ2n) is 7.85. The molecule has 4 saturated carbocycles. The lowest BCUT2D eigenvalue weighted by Crippen LogP contribution is -2.57. The molecule has 0 aliphatic heterocycles. The molecule has 3 heteroatoms. The van der Waals surface area contributed by atoms with Gasteiger partial charge in [-0.1, -0.05) is 0 Å². The monoisotopic (exact) mass is 280 g/mol. The van der Waals surface area contributed by atoms with Crippen LogP contribution in [0.25, 0.3) is 0 Å². The summed E-state index contributed by atoms with van der Waals surface area (Å²) >= 11 is 0. The molecule has 0 spiro atoms. The minimum Gasteiger partial charge on any atom is -0.380 e. The van der Waals surface area contributed by atoms with Crippen molar-refractivity contribution >= 4 is 0 Å². The minimum atomic E-state index is 0.363. The maximum Gasteiger partial charge on any atom is 0.0593 e. The third kappa shape index (κ3) is 2.90. The van der Waals surface area contributed by atoms with Gasteiger partial charge in [-0.3, -0.25) is 0 Å². The van der Waals surface area contributed by atoms with Crippen molar-refractivity contribution in [2.75, 3.05) is 33.4 Å². The van der Waals surface area contributed by atoms with E-state index in [0.29, 0.717) is 11.5 Å². The Bertz CT molecular complexity index is 296. The third-order valence-corrected chi connectivity index (χ3v) is 6.20. The molecule has 0 heterocycles. The number of rotatable bonds is 7. The quantitative estimate of drug-likeness (QED) is 0.728. The van der Waals surface area contributed by atoms with Crippen LogP contribution < -0.4 is 5.73 Å². The summed E-state index contributed by atoms with van der Waals surface area (Å²) in [5.74, 6) is 3.00. The van der Waals surface area contributed by atoms with Gasteiger partial charge in [-0.25, -0.2) is 0 Å². The van der Waals surface area contributed by atoms with Crippen molar-refractivity contribution in [1.29, 1.82) is 0 Å². The van der Waals surface area contributed by atoms with Crippen molar-refractivity contribution in [2.24, 2.45) is 28.9 Å². The number of hydrogen-bond donors (Lipinski definition) is 1. The van der Waals surface area contributed by atoms with Crippen LogP contribution in [0.5, 0.6) is 0 Å². The van der Waals surface area contributed by atoms with E-state index in [-0.39, 0.29) is 0 Å². The van der Waals surface area contributed by atoms with Crippen molar-refractivity contribution in [3.8, 4) is 0 Å². The Morgan fingerprint density at radius 1 is 1.15 bits per heavy atom. The number of hydrogen-bond acceptors (Lipinski definition) is 3. The summed E-state index contributed by atoms with van der Waals surface area (Å²) in [5, 5.41) is 0. The third-order valence-electron chi connectivity index (χ3n) is 6.20. The predicted octanol–water partition coefficient (Wildman–Crippen LogP) is 2.50. The second kappa shape index (κ2) is 5.94. The zero-order valence-electron chi connectivity index (χ0n) is 13.3. The highest BCUT2D eigenvalue weighted by atomic mass is 16.5. The van der Waals surface area contributed by atoms with Crippen LogP contribution in [0.3, 0.4) is 0 Å². The van der Waals surface area contributed by atoms with E-state index in [9.17, 15) is 0 Å². The van der Waals surface area contributed by atoms with Crippen molar-refractivity contribution in [1.82, 2.24) is 4.90 Å². The Kier molecular flexibility index (Phi) is 4.40. The van der Waals surface area contributed by atoms with Crippen LogP contribution in [-0.2, 0) is 4.74 Å². The average Bonchev–Trinajstić information content (AvgIpc) is 2.37. The van der Waals surface area contributed by atoms with Crippen molar-refractivity contribution in [3.05, 3.63) is 0 Å². The van der Waals surface area contributed by atoms with Crippen LogP contribution in [0.2, 0.25) is 0 Å². The van der Waals surface area contributed by atoms with E-state index in [1.807, 2.05) is 0 Å². The fourth-order valence-electron chi connectivity index (χ4n) is 5.62. The number of nitrogens with two attached hydrogens (primary N) is 1.